The lowest BCUT2D eigenvalue weighted by Crippen LogP contribution is -1.91. The van der Waals surface area contributed by atoms with Crippen LogP contribution in [0.25, 0.3) is 100 Å². The van der Waals surface area contributed by atoms with E-state index in [0.29, 0.717) is 0 Å². The zero-order chi connectivity index (χ0) is 51.2. The molecular weight excluding hydrogens is 901 g/mol. The van der Waals surface area contributed by atoms with Crippen molar-refractivity contribution >= 4 is 0 Å². The Balaban J connectivity index is 0.000000128. The molecule has 0 saturated heterocycles. The molecule has 0 aromatic heterocycles. The lowest BCUT2D eigenvalue weighted by atomic mass is 9.87. The van der Waals surface area contributed by atoms with Gasteiger partial charge in [-0.3, -0.25) is 0 Å². The standard InChI is InChI=1S/3C25H20/c1-19-11-10-18-24(25(19)21-14-6-3-7-15-21)23-17-9-8-16-22(23)20-12-4-2-5-13-20;1-19-15-16-23(21-11-6-3-7-12-21)18-25(19)24-14-8-13-22(17-24)20-9-4-2-5-10-20;1-19-9-5-6-16-25(19)24-15-8-14-23(18-24)22-13-7-12-21(17-22)20-10-3-2-4-11-20/h3*2-18H,1H3. The summed E-state index contributed by atoms with van der Waals surface area (Å²) < 4.78 is 0. The molecule has 360 valence electrons. The minimum absolute atomic E-state index is 1.25. The fraction of sp³-hybridized carbons (Fsp3) is 0.0400. The van der Waals surface area contributed by atoms with E-state index in [1.165, 1.54) is 117 Å². The normalized spacial score (nSPS) is 10.6. The molecule has 0 heteroatoms. The van der Waals surface area contributed by atoms with Gasteiger partial charge in [0.2, 0.25) is 0 Å². The average Bonchev–Trinajstić information content (AvgIpc) is 3.49. The summed E-state index contributed by atoms with van der Waals surface area (Å²) in [6.45, 7) is 6.54. The maximum atomic E-state index is 2.30. The largest absolute Gasteiger partial charge is 0.0622 e. The summed E-state index contributed by atoms with van der Waals surface area (Å²) in [5.74, 6) is 0. The monoisotopic (exact) mass is 960 g/mol. The molecule has 0 bridgehead atoms. The van der Waals surface area contributed by atoms with Gasteiger partial charge in [-0.25, -0.2) is 0 Å². The zero-order valence-corrected chi connectivity index (χ0v) is 42.9. The van der Waals surface area contributed by atoms with Crippen LogP contribution in [-0.4, -0.2) is 0 Å². The van der Waals surface area contributed by atoms with Crippen LogP contribution in [0, 0.1) is 20.8 Å². The smallest absolute Gasteiger partial charge is 0.00759 e. The van der Waals surface area contributed by atoms with E-state index in [-0.39, 0.29) is 0 Å². The molecular formula is C75H60. The summed E-state index contributed by atoms with van der Waals surface area (Å²) in [6.07, 6.45) is 0. The molecule has 0 nitrogen and oxygen atoms in total. The van der Waals surface area contributed by atoms with Crippen molar-refractivity contribution in [2.45, 2.75) is 20.8 Å². The molecule has 0 spiro atoms. The van der Waals surface area contributed by atoms with Crippen LogP contribution in [-0.2, 0) is 0 Å². The Bertz CT molecular complexity index is 3760. The summed E-state index contributed by atoms with van der Waals surface area (Å²) >= 11 is 0. The number of hydrogen-bond acceptors (Lipinski definition) is 0. The predicted molar refractivity (Wildman–Crippen MR) is 322 cm³/mol. The van der Waals surface area contributed by atoms with Crippen LogP contribution in [0.15, 0.2) is 309 Å². The van der Waals surface area contributed by atoms with Gasteiger partial charge in [-0.1, -0.05) is 285 Å². The Labute approximate surface area is 444 Å². The summed E-state index contributed by atoms with van der Waals surface area (Å²) in [7, 11) is 0. The van der Waals surface area contributed by atoms with E-state index in [1.54, 1.807) is 0 Å². The Morgan fingerprint density at radius 1 is 0.147 bits per heavy atom. The number of benzene rings is 12. The van der Waals surface area contributed by atoms with Crippen LogP contribution >= 0.6 is 0 Å². The molecule has 12 aromatic rings. The van der Waals surface area contributed by atoms with Crippen molar-refractivity contribution in [3.05, 3.63) is 326 Å². The summed E-state index contributed by atoms with van der Waals surface area (Å²) in [6, 6.07) is 110. The Morgan fingerprint density at radius 2 is 0.453 bits per heavy atom. The minimum atomic E-state index is 1.25. The van der Waals surface area contributed by atoms with E-state index in [9.17, 15) is 0 Å². The number of aryl methyl sites for hydroxylation is 3. The van der Waals surface area contributed by atoms with Crippen molar-refractivity contribution in [3.8, 4) is 100 Å². The van der Waals surface area contributed by atoms with E-state index in [4.69, 9.17) is 0 Å². The quantitative estimate of drug-likeness (QED) is 0.135. The van der Waals surface area contributed by atoms with Gasteiger partial charge in [0.15, 0.2) is 0 Å². The van der Waals surface area contributed by atoms with Gasteiger partial charge >= 0.3 is 0 Å². The second-order valence-corrected chi connectivity index (χ2v) is 19.0. The van der Waals surface area contributed by atoms with E-state index < -0.39 is 0 Å². The minimum Gasteiger partial charge on any atom is -0.0622 e. The van der Waals surface area contributed by atoms with Gasteiger partial charge in [0, 0.05) is 0 Å². The molecule has 0 amide bonds. The Morgan fingerprint density at radius 3 is 0.960 bits per heavy atom. The van der Waals surface area contributed by atoms with Crippen LogP contribution in [0.2, 0.25) is 0 Å². The maximum Gasteiger partial charge on any atom is -0.00759 e. The molecule has 0 saturated carbocycles. The van der Waals surface area contributed by atoms with Gasteiger partial charge in [-0.05, 0) is 162 Å². The molecule has 0 radical (unpaired) electrons. The first kappa shape index (κ1) is 49.2. The van der Waals surface area contributed by atoms with Gasteiger partial charge in [0.1, 0.15) is 0 Å². The molecule has 75 heavy (non-hydrogen) atoms. The highest BCUT2D eigenvalue weighted by atomic mass is 14.2. The van der Waals surface area contributed by atoms with Crippen molar-refractivity contribution in [2.75, 3.05) is 0 Å². The molecule has 0 aliphatic heterocycles. The number of rotatable bonds is 9. The lowest BCUT2D eigenvalue weighted by Gasteiger charge is -2.16. The molecule has 12 rings (SSSR count). The van der Waals surface area contributed by atoms with Crippen molar-refractivity contribution in [1.82, 2.24) is 0 Å². The van der Waals surface area contributed by atoms with Crippen molar-refractivity contribution in [1.29, 1.82) is 0 Å². The van der Waals surface area contributed by atoms with E-state index in [1.807, 2.05) is 0 Å². The topological polar surface area (TPSA) is 0 Å². The first-order valence-corrected chi connectivity index (χ1v) is 25.9. The summed E-state index contributed by atoms with van der Waals surface area (Å²) in [4.78, 5) is 0. The van der Waals surface area contributed by atoms with Gasteiger partial charge in [0.05, 0.1) is 0 Å². The van der Waals surface area contributed by atoms with E-state index >= 15 is 0 Å². The average molecular weight is 961 g/mol. The first-order valence-electron chi connectivity index (χ1n) is 25.9. The molecule has 0 aliphatic carbocycles. The molecule has 0 atom stereocenters. The summed E-state index contributed by atoms with van der Waals surface area (Å²) in [5.41, 5.74) is 26.7. The first-order chi connectivity index (χ1) is 37.0. The van der Waals surface area contributed by atoms with E-state index in [2.05, 4.69) is 330 Å². The highest BCUT2D eigenvalue weighted by molar-refractivity contribution is 5.93. The van der Waals surface area contributed by atoms with Crippen LogP contribution in [0.4, 0.5) is 0 Å². The predicted octanol–water partition coefficient (Wildman–Crippen LogP) is 21.0. The van der Waals surface area contributed by atoms with Crippen LogP contribution in [0.1, 0.15) is 16.7 Å². The van der Waals surface area contributed by atoms with E-state index in [0.717, 1.165) is 0 Å². The molecule has 0 heterocycles. The fourth-order valence-electron chi connectivity index (χ4n) is 9.98. The Hall–Kier alpha value is -9.36. The molecule has 0 unspecified atom stereocenters. The van der Waals surface area contributed by atoms with Crippen LogP contribution in [0.3, 0.4) is 0 Å². The van der Waals surface area contributed by atoms with Crippen molar-refractivity contribution in [2.24, 2.45) is 0 Å². The van der Waals surface area contributed by atoms with Gasteiger partial charge in [-0.15, -0.1) is 0 Å². The van der Waals surface area contributed by atoms with Gasteiger partial charge in [-0.2, -0.15) is 0 Å². The highest BCUT2D eigenvalue weighted by Crippen LogP contribution is 2.40. The van der Waals surface area contributed by atoms with Crippen molar-refractivity contribution < 1.29 is 0 Å². The highest BCUT2D eigenvalue weighted by Gasteiger charge is 2.14. The lowest BCUT2D eigenvalue weighted by molar-refractivity contribution is 1.45. The van der Waals surface area contributed by atoms with Crippen molar-refractivity contribution in [3.63, 3.8) is 0 Å². The second-order valence-electron chi connectivity index (χ2n) is 19.0. The second kappa shape index (κ2) is 23.9. The SMILES string of the molecule is Cc1ccc(-c2ccccc2)cc1-c1cccc(-c2ccccc2)c1.Cc1cccc(-c2ccccc2-c2ccccc2)c1-c1ccccc1.Cc1ccccc1-c1cccc(-c2cccc(-c3ccccc3)c2)c1. The van der Waals surface area contributed by atoms with Crippen LogP contribution in [0.5, 0.6) is 0 Å². The molecule has 0 N–H and O–H groups in total. The third-order valence-electron chi connectivity index (χ3n) is 13.9. The molecule has 12 aromatic carbocycles. The number of hydrogen-bond donors (Lipinski definition) is 0. The maximum absolute atomic E-state index is 2.30. The Kier molecular flexibility index (Phi) is 15.7. The molecule has 0 fully saturated rings. The molecule has 0 aliphatic rings. The van der Waals surface area contributed by atoms with Gasteiger partial charge < -0.3 is 0 Å². The van der Waals surface area contributed by atoms with Gasteiger partial charge in [0.25, 0.3) is 0 Å². The van der Waals surface area contributed by atoms with Crippen LogP contribution < -0.4 is 0 Å². The zero-order valence-electron chi connectivity index (χ0n) is 42.9. The summed E-state index contributed by atoms with van der Waals surface area (Å²) in [5, 5.41) is 0. The third-order valence-corrected chi connectivity index (χ3v) is 13.9. The third kappa shape index (κ3) is 12.0. The fourth-order valence-corrected chi connectivity index (χ4v) is 9.98.